The van der Waals surface area contributed by atoms with Crippen molar-refractivity contribution in [3.8, 4) is 0 Å². The third-order valence-electron chi connectivity index (χ3n) is 4.66. The number of halogens is 5. The number of aliphatic hydroxyl groups is 1. The van der Waals surface area contributed by atoms with Gasteiger partial charge >= 0.3 is 15.6 Å². The van der Waals surface area contributed by atoms with Crippen LogP contribution < -0.4 is 0 Å². The van der Waals surface area contributed by atoms with Crippen LogP contribution in [-0.4, -0.2) is 29.5 Å². The molecule has 0 saturated carbocycles. The highest BCUT2D eigenvalue weighted by molar-refractivity contribution is 7.86. The van der Waals surface area contributed by atoms with E-state index in [4.69, 9.17) is 13.0 Å². The van der Waals surface area contributed by atoms with E-state index in [2.05, 4.69) is 0 Å². The van der Waals surface area contributed by atoms with E-state index in [0.29, 0.717) is 5.56 Å². The fourth-order valence-electron chi connectivity index (χ4n) is 3.36. The fraction of sp³-hybridized carbons (Fsp3) is 0.474. The SMILES string of the molecule is CC(C)c1ccccc1C1(C(C)C)C(O)=CC=CC1(F)F.O=S(=O)(O)C(F)(F)F. The minimum absolute atomic E-state index is 0.103. The van der Waals surface area contributed by atoms with Gasteiger partial charge in [0, 0.05) is 0 Å². The Morgan fingerprint density at radius 1 is 1.03 bits per heavy atom. The highest BCUT2D eigenvalue weighted by Gasteiger charge is 2.59. The Labute approximate surface area is 166 Å². The molecule has 29 heavy (non-hydrogen) atoms. The smallest absolute Gasteiger partial charge is 0.511 e. The van der Waals surface area contributed by atoms with Crippen LogP contribution in [0, 0.1) is 5.92 Å². The molecule has 1 atom stereocenters. The Balaban J connectivity index is 0.000000447. The summed E-state index contributed by atoms with van der Waals surface area (Å²) in [5.74, 6) is -3.75. The van der Waals surface area contributed by atoms with Gasteiger partial charge in [-0.05, 0) is 35.1 Å². The van der Waals surface area contributed by atoms with E-state index < -0.39 is 32.9 Å². The van der Waals surface area contributed by atoms with E-state index in [9.17, 15) is 27.1 Å². The predicted molar refractivity (Wildman–Crippen MR) is 99.4 cm³/mol. The molecule has 2 N–H and O–H groups in total. The molecule has 1 aromatic rings. The summed E-state index contributed by atoms with van der Waals surface area (Å²) in [6.45, 7) is 7.41. The summed E-state index contributed by atoms with van der Waals surface area (Å²) >= 11 is 0. The van der Waals surface area contributed by atoms with Crippen LogP contribution in [0.1, 0.15) is 44.7 Å². The lowest BCUT2D eigenvalue weighted by molar-refractivity contribution is -0.0568. The molecule has 1 aliphatic rings. The van der Waals surface area contributed by atoms with E-state index in [0.717, 1.165) is 11.6 Å². The van der Waals surface area contributed by atoms with Crippen LogP contribution in [0.3, 0.4) is 0 Å². The van der Waals surface area contributed by atoms with Gasteiger partial charge < -0.3 is 5.11 Å². The number of benzene rings is 1. The molecule has 10 heteroatoms. The fourth-order valence-corrected chi connectivity index (χ4v) is 3.36. The van der Waals surface area contributed by atoms with E-state index >= 15 is 0 Å². The quantitative estimate of drug-likeness (QED) is 0.355. The Bertz CT molecular complexity index is 886. The summed E-state index contributed by atoms with van der Waals surface area (Å²) in [6, 6.07) is 7.19. The Hall–Kier alpha value is -1.94. The highest BCUT2D eigenvalue weighted by atomic mass is 32.2. The highest BCUT2D eigenvalue weighted by Crippen LogP contribution is 2.53. The number of aliphatic hydroxyl groups excluding tert-OH is 1. The van der Waals surface area contributed by atoms with Gasteiger partial charge in [0.05, 0.1) is 0 Å². The molecule has 0 aliphatic heterocycles. The molecule has 1 unspecified atom stereocenters. The zero-order valence-corrected chi connectivity index (χ0v) is 17.0. The summed E-state index contributed by atoms with van der Waals surface area (Å²) in [5, 5.41) is 10.4. The Kier molecular flexibility index (Phi) is 7.30. The van der Waals surface area contributed by atoms with Crippen LogP contribution in [0.15, 0.2) is 48.3 Å². The van der Waals surface area contributed by atoms with Gasteiger partial charge in [0.2, 0.25) is 0 Å². The normalized spacial score (nSPS) is 21.6. The van der Waals surface area contributed by atoms with Crippen LogP contribution in [0.4, 0.5) is 22.0 Å². The molecule has 4 nitrogen and oxygen atoms in total. The molecule has 0 spiro atoms. The molecule has 1 aromatic carbocycles. The molecule has 0 amide bonds. The van der Waals surface area contributed by atoms with Crippen LogP contribution in [0.25, 0.3) is 0 Å². The molecule has 0 fully saturated rings. The lowest BCUT2D eigenvalue weighted by Crippen LogP contribution is -2.51. The molecule has 0 aromatic heterocycles. The zero-order chi connectivity index (χ0) is 22.8. The number of hydrogen-bond donors (Lipinski definition) is 2. The van der Waals surface area contributed by atoms with Crippen molar-refractivity contribution in [1.82, 2.24) is 0 Å². The third-order valence-corrected chi connectivity index (χ3v) is 5.24. The maximum atomic E-state index is 14.9. The van der Waals surface area contributed by atoms with Crippen molar-refractivity contribution in [3.05, 3.63) is 59.4 Å². The van der Waals surface area contributed by atoms with Gasteiger partial charge in [0.25, 0.3) is 5.92 Å². The average Bonchev–Trinajstić information content (AvgIpc) is 2.53. The zero-order valence-electron chi connectivity index (χ0n) is 16.2. The van der Waals surface area contributed by atoms with Crippen molar-refractivity contribution >= 4 is 10.1 Å². The van der Waals surface area contributed by atoms with E-state index in [1.807, 2.05) is 26.0 Å². The first kappa shape index (κ1) is 25.1. The molecular weight excluding hydrogens is 419 g/mol. The largest absolute Gasteiger partial charge is 0.522 e. The average molecular weight is 442 g/mol. The molecule has 2 rings (SSSR count). The maximum Gasteiger partial charge on any atom is 0.522 e. The number of alkyl halides is 5. The minimum Gasteiger partial charge on any atom is -0.511 e. The molecule has 0 heterocycles. The summed E-state index contributed by atoms with van der Waals surface area (Å²) in [4.78, 5) is 0. The molecule has 0 bridgehead atoms. The lowest BCUT2D eigenvalue weighted by Gasteiger charge is -2.45. The Morgan fingerprint density at radius 2 is 1.52 bits per heavy atom. The molecule has 164 valence electrons. The van der Waals surface area contributed by atoms with Gasteiger partial charge in [-0.15, -0.1) is 0 Å². The monoisotopic (exact) mass is 442 g/mol. The first-order chi connectivity index (χ1) is 13.0. The van der Waals surface area contributed by atoms with Gasteiger partial charge in [-0.1, -0.05) is 58.0 Å². The molecule has 0 saturated heterocycles. The summed E-state index contributed by atoms with van der Waals surface area (Å²) in [6.07, 6.45) is 3.51. The summed E-state index contributed by atoms with van der Waals surface area (Å²) in [7, 11) is -5.84. The maximum absolute atomic E-state index is 14.9. The van der Waals surface area contributed by atoms with Crippen molar-refractivity contribution in [3.63, 3.8) is 0 Å². The van der Waals surface area contributed by atoms with Crippen molar-refractivity contribution in [2.45, 2.75) is 50.5 Å². The van der Waals surface area contributed by atoms with Crippen LogP contribution >= 0.6 is 0 Å². The second kappa shape index (κ2) is 8.43. The lowest BCUT2D eigenvalue weighted by atomic mass is 9.62. The van der Waals surface area contributed by atoms with Crippen molar-refractivity contribution < 1.29 is 40.0 Å². The predicted octanol–water partition coefficient (Wildman–Crippen LogP) is 5.74. The number of rotatable bonds is 3. The topological polar surface area (TPSA) is 74.6 Å². The number of hydrogen-bond acceptors (Lipinski definition) is 3. The van der Waals surface area contributed by atoms with Crippen molar-refractivity contribution in [1.29, 1.82) is 0 Å². The molecular formula is C19H23F5O4S. The number of allylic oxidation sites excluding steroid dienone is 4. The Morgan fingerprint density at radius 3 is 1.90 bits per heavy atom. The molecule has 0 radical (unpaired) electrons. The van der Waals surface area contributed by atoms with E-state index in [1.54, 1.807) is 26.0 Å². The van der Waals surface area contributed by atoms with Gasteiger partial charge in [0.1, 0.15) is 11.2 Å². The van der Waals surface area contributed by atoms with Gasteiger partial charge in [-0.3, -0.25) is 4.55 Å². The second-order valence-corrected chi connectivity index (χ2v) is 8.57. The first-order valence-electron chi connectivity index (χ1n) is 8.60. The van der Waals surface area contributed by atoms with Crippen LogP contribution in [-0.2, 0) is 15.5 Å². The minimum atomic E-state index is -5.84. The summed E-state index contributed by atoms with van der Waals surface area (Å²) in [5.41, 5.74) is -5.88. The third kappa shape index (κ3) is 4.80. The second-order valence-electron chi connectivity index (χ2n) is 7.16. The standard InChI is InChI=1S/C18H22F2O.CHF3O3S/c1-12(2)14-8-5-6-9-15(14)18(13(3)4)16(21)10-7-11-17(18,19)20;2-1(3,4)8(5,6)7/h5-13,21H,1-4H3;(H,5,6,7). The van der Waals surface area contributed by atoms with E-state index in [1.165, 1.54) is 12.2 Å². The first-order valence-corrected chi connectivity index (χ1v) is 10.0. The van der Waals surface area contributed by atoms with Crippen LogP contribution in [0.2, 0.25) is 0 Å². The molecule has 1 aliphatic carbocycles. The summed E-state index contributed by atoms with van der Waals surface area (Å²) < 4.78 is 87.3. The van der Waals surface area contributed by atoms with Crippen molar-refractivity contribution in [2.24, 2.45) is 5.92 Å². The van der Waals surface area contributed by atoms with Crippen LogP contribution in [0.5, 0.6) is 0 Å². The van der Waals surface area contributed by atoms with Crippen molar-refractivity contribution in [2.75, 3.05) is 0 Å². The van der Waals surface area contributed by atoms with E-state index in [-0.39, 0.29) is 11.7 Å². The van der Waals surface area contributed by atoms with Gasteiger partial charge in [0.15, 0.2) is 0 Å². The van der Waals surface area contributed by atoms with Gasteiger partial charge in [-0.25, -0.2) is 8.78 Å². The van der Waals surface area contributed by atoms with Gasteiger partial charge in [-0.2, -0.15) is 21.6 Å².